The molecule has 1 aliphatic heterocycles. The van der Waals surface area contributed by atoms with Gasteiger partial charge in [-0.05, 0) is 61.4 Å². The van der Waals surface area contributed by atoms with Gasteiger partial charge >= 0.3 is 0 Å². The number of benzene rings is 2. The number of hydrogen-bond donors (Lipinski definition) is 1. The van der Waals surface area contributed by atoms with Crippen LogP contribution in [0.25, 0.3) is 11.1 Å². The molecular weight excluding hydrogens is 362 g/mol. The SMILES string of the molecule is C=C1CC(=C)N[C@](C)(c2cccc(-c3cc(C)ccc3CCCCCC)c2)C1.CC. The van der Waals surface area contributed by atoms with E-state index in [-0.39, 0.29) is 5.54 Å². The van der Waals surface area contributed by atoms with Gasteiger partial charge in [-0.3, -0.25) is 0 Å². The second-order valence-electron chi connectivity index (χ2n) is 8.72. The molecule has 0 spiro atoms. The molecule has 1 heteroatoms. The minimum Gasteiger partial charge on any atom is -0.379 e. The summed E-state index contributed by atoms with van der Waals surface area (Å²) >= 11 is 0. The van der Waals surface area contributed by atoms with E-state index in [2.05, 4.69) is 81.7 Å². The van der Waals surface area contributed by atoms with Crippen LogP contribution in [0.1, 0.15) is 82.9 Å². The first kappa shape index (κ1) is 24.0. The lowest BCUT2D eigenvalue weighted by Crippen LogP contribution is -2.42. The zero-order valence-electron chi connectivity index (χ0n) is 19.9. The molecule has 0 saturated carbocycles. The molecule has 0 radical (unpaired) electrons. The second kappa shape index (κ2) is 11.2. The normalized spacial score (nSPS) is 18.4. The summed E-state index contributed by atoms with van der Waals surface area (Å²) in [6.45, 7) is 19.1. The Labute approximate surface area is 185 Å². The summed E-state index contributed by atoms with van der Waals surface area (Å²) in [5.74, 6) is 0. The topological polar surface area (TPSA) is 12.0 Å². The smallest absolute Gasteiger partial charge is 0.0631 e. The predicted molar refractivity (Wildman–Crippen MR) is 134 cm³/mol. The molecule has 1 heterocycles. The Hall–Kier alpha value is -2.28. The van der Waals surface area contributed by atoms with Crippen LogP contribution in [-0.2, 0) is 12.0 Å². The van der Waals surface area contributed by atoms with Crippen LogP contribution < -0.4 is 5.32 Å². The monoisotopic (exact) mass is 403 g/mol. The van der Waals surface area contributed by atoms with E-state index in [9.17, 15) is 0 Å². The maximum absolute atomic E-state index is 4.24. The average molecular weight is 404 g/mol. The zero-order chi connectivity index (χ0) is 22.1. The maximum Gasteiger partial charge on any atom is 0.0631 e. The summed E-state index contributed by atoms with van der Waals surface area (Å²) < 4.78 is 0. The zero-order valence-corrected chi connectivity index (χ0v) is 19.9. The quantitative estimate of drug-likeness (QED) is 0.361. The lowest BCUT2D eigenvalue weighted by Gasteiger charge is -2.39. The molecule has 2 aromatic rings. The Kier molecular flexibility index (Phi) is 8.96. The summed E-state index contributed by atoms with van der Waals surface area (Å²) in [7, 11) is 0. The van der Waals surface area contributed by atoms with Crippen LogP contribution >= 0.6 is 0 Å². The van der Waals surface area contributed by atoms with Crippen molar-refractivity contribution in [3.8, 4) is 11.1 Å². The van der Waals surface area contributed by atoms with Gasteiger partial charge in [-0.25, -0.2) is 0 Å². The molecule has 0 unspecified atom stereocenters. The highest BCUT2D eigenvalue weighted by Crippen LogP contribution is 2.37. The van der Waals surface area contributed by atoms with Crippen molar-refractivity contribution >= 4 is 0 Å². The van der Waals surface area contributed by atoms with Crippen molar-refractivity contribution in [3.63, 3.8) is 0 Å². The third kappa shape index (κ3) is 6.11. The lowest BCUT2D eigenvalue weighted by atomic mass is 9.80. The van der Waals surface area contributed by atoms with Gasteiger partial charge < -0.3 is 5.32 Å². The van der Waals surface area contributed by atoms with Gasteiger partial charge in [-0.15, -0.1) is 0 Å². The van der Waals surface area contributed by atoms with E-state index in [1.807, 2.05) is 13.8 Å². The fourth-order valence-corrected chi connectivity index (χ4v) is 4.47. The first-order valence-corrected chi connectivity index (χ1v) is 11.7. The van der Waals surface area contributed by atoms with E-state index in [1.54, 1.807) is 0 Å². The standard InChI is InChI=1S/C27H35N.C2H6/c1-6-7-8-9-11-23-15-14-20(2)17-26(23)24-12-10-13-25(18-24)27(5)19-21(3)16-22(4)28-27;1-2/h10,12-15,17-18,28H,3-4,6-9,11,16,19H2,1-2,5H3;1-2H3/t27-;/m0./s1. The maximum atomic E-state index is 4.24. The minimum atomic E-state index is -0.131. The number of rotatable bonds is 7. The summed E-state index contributed by atoms with van der Waals surface area (Å²) in [5.41, 5.74) is 8.99. The van der Waals surface area contributed by atoms with Gasteiger partial charge in [0.05, 0.1) is 5.54 Å². The molecule has 1 N–H and O–H groups in total. The van der Waals surface area contributed by atoms with Crippen molar-refractivity contribution in [1.82, 2.24) is 5.32 Å². The highest BCUT2D eigenvalue weighted by atomic mass is 15.0. The molecule has 0 aromatic heterocycles. The molecule has 1 nitrogen and oxygen atoms in total. The average Bonchev–Trinajstić information content (AvgIpc) is 2.73. The molecule has 2 aromatic carbocycles. The molecule has 0 amide bonds. The first-order chi connectivity index (χ1) is 14.4. The summed E-state index contributed by atoms with van der Waals surface area (Å²) in [4.78, 5) is 0. The van der Waals surface area contributed by atoms with Crippen molar-refractivity contribution < 1.29 is 0 Å². The van der Waals surface area contributed by atoms with Crippen molar-refractivity contribution in [3.05, 3.63) is 83.6 Å². The highest BCUT2D eigenvalue weighted by molar-refractivity contribution is 5.69. The van der Waals surface area contributed by atoms with E-state index in [0.717, 1.165) is 25.0 Å². The number of aryl methyl sites for hydroxylation is 2. The molecular formula is C29H41N. The van der Waals surface area contributed by atoms with Crippen LogP contribution in [0.5, 0.6) is 0 Å². The van der Waals surface area contributed by atoms with Gasteiger partial charge in [0, 0.05) is 12.1 Å². The summed E-state index contributed by atoms with van der Waals surface area (Å²) in [6, 6.07) is 16.0. The van der Waals surface area contributed by atoms with E-state index < -0.39 is 0 Å². The second-order valence-corrected chi connectivity index (χ2v) is 8.72. The van der Waals surface area contributed by atoms with Crippen LogP contribution in [0.4, 0.5) is 0 Å². The van der Waals surface area contributed by atoms with Crippen molar-refractivity contribution in [2.75, 3.05) is 0 Å². The molecule has 162 valence electrons. The van der Waals surface area contributed by atoms with Crippen molar-refractivity contribution in [2.24, 2.45) is 0 Å². The van der Waals surface area contributed by atoms with Gasteiger partial charge in [0.15, 0.2) is 0 Å². The fraction of sp³-hybridized carbons (Fsp3) is 0.448. The summed E-state index contributed by atoms with van der Waals surface area (Å²) in [6.07, 6.45) is 8.18. The third-order valence-corrected chi connectivity index (χ3v) is 5.90. The van der Waals surface area contributed by atoms with Crippen molar-refractivity contribution in [2.45, 2.75) is 85.1 Å². The molecule has 1 saturated heterocycles. The first-order valence-electron chi connectivity index (χ1n) is 11.7. The number of nitrogens with one attached hydrogen (secondary N) is 1. The number of allylic oxidation sites excluding steroid dienone is 1. The molecule has 1 aliphatic rings. The molecule has 0 bridgehead atoms. The molecule has 3 rings (SSSR count). The van der Waals surface area contributed by atoms with E-state index in [0.29, 0.717) is 0 Å². The Bertz CT molecular complexity index is 842. The highest BCUT2D eigenvalue weighted by Gasteiger charge is 2.31. The van der Waals surface area contributed by atoms with Gasteiger partial charge in [0.1, 0.15) is 0 Å². The Balaban J connectivity index is 0.00000155. The number of piperidine rings is 1. The number of hydrogen-bond acceptors (Lipinski definition) is 1. The van der Waals surface area contributed by atoms with Crippen LogP contribution in [0.15, 0.2) is 66.9 Å². The van der Waals surface area contributed by atoms with Crippen molar-refractivity contribution in [1.29, 1.82) is 0 Å². The molecule has 30 heavy (non-hydrogen) atoms. The van der Waals surface area contributed by atoms with Crippen LogP contribution in [0, 0.1) is 6.92 Å². The van der Waals surface area contributed by atoms with Gasteiger partial charge in [-0.1, -0.05) is 101 Å². The Morgan fingerprint density at radius 1 is 1.00 bits per heavy atom. The summed E-state index contributed by atoms with van der Waals surface area (Å²) in [5, 5.41) is 3.64. The van der Waals surface area contributed by atoms with Gasteiger partial charge in [-0.2, -0.15) is 0 Å². The lowest BCUT2D eigenvalue weighted by molar-refractivity contribution is 0.369. The Morgan fingerprint density at radius 2 is 1.77 bits per heavy atom. The van der Waals surface area contributed by atoms with E-state index >= 15 is 0 Å². The minimum absolute atomic E-state index is 0.131. The molecule has 1 atom stereocenters. The van der Waals surface area contributed by atoms with Crippen LogP contribution in [0.2, 0.25) is 0 Å². The largest absolute Gasteiger partial charge is 0.379 e. The van der Waals surface area contributed by atoms with Gasteiger partial charge in [0.25, 0.3) is 0 Å². The van der Waals surface area contributed by atoms with Gasteiger partial charge in [0.2, 0.25) is 0 Å². The van der Waals surface area contributed by atoms with Crippen LogP contribution in [0.3, 0.4) is 0 Å². The number of unbranched alkanes of at least 4 members (excludes halogenated alkanes) is 3. The predicted octanol–water partition coefficient (Wildman–Crippen LogP) is 8.48. The van der Waals surface area contributed by atoms with E-state index in [4.69, 9.17) is 0 Å². The third-order valence-electron chi connectivity index (χ3n) is 5.90. The van der Waals surface area contributed by atoms with Crippen LogP contribution in [-0.4, -0.2) is 0 Å². The molecule has 1 fully saturated rings. The molecule has 0 aliphatic carbocycles. The van der Waals surface area contributed by atoms with E-state index in [1.165, 1.54) is 59.1 Å². The fourth-order valence-electron chi connectivity index (χ4n) is 4.47. The Morgan fingerprint density at radius 3 is 2.47 bits per heavy atom.